The van der Waals surface area contributed by atoms with Gasteiger partial charge in [-0.15, -0.1) is 6.58 Å². The summed E-state index contributed by atoms with van der Waals surface area (Å²) in [4.78, 5) is 15.7. The molecule has 0 bridgehead atoms. The molecule has 2 aromatic carbocycles. The Morgan fingerprint density at radius 1 is 1.21 bits per heavy atom. The Morgan fingerprint density at radius 2 is 1.93 bits per heavy atom. The molecular formula is C24H27NO3. The van der Waals surface area contributed by atoms with E-state index >= 15 is 0 Å². The Kier molecular flexibility index (Phi) is 4.98. The molecule has 28 heavy (non-hydrogen) atoms. The summed E-state index contributed by atoms with van der Waals surface area (Å²) < 4.78 is 12.2. The van der Waals surface area contributed by atoms with E-state index < -0.39 is 5.72 Å². The lowest BCUT2D eigenvalue weighted by Gasteiger charge is -2.37. The van der Waals surface area contributed by atoms with Crippen molar-refractivity contribution in [2.45, 2.75) is 44.6 Å². The van der Waals surface area contributed by atoms with Crippen LogP contribution in [0.3, 0.4) is 0 Å². The van der Waals surface area contributed by atoms with E-state index in [-0.39, 0.29) is 24.0 Å². The molecule has 2 heterocycles. The molecule has 2 aliphatic rings. The van der Waals surface area contributed by atoms with Crippen molar-refractivity contribution in [3.05, 3.63) is 78.4 Å². The Hall–Kier alpha value is -2.59. The molecular weight excluding hydrogens is 350 g/mol. The second-order valence-electron chi connectivity index (χ2n) is 8.02. The van der Waals surface area contributed by atoms with Gasteiger partial charge in [0.2, 0.25) is 5.91 Å². The molecule has 1 amide bonds. The number of hydrogen-bond acceptors (Lipinski definition) is 3. The van der Waals surface area contributed by atoms with Gasteiger partial charge in [-0.3, -0.25) is 4.79 Å². The van der Waals surface area contributed by atoms with Gasteiger partial charge in [0, 0.05) is 11.5 Å². The zero-order chi connectivity index (χ0) is 19.7. The van der Waals surface area contributed by atoms with Crippen molar-refractivity contribution in [1.82, 2.24) is 4.90 Å². The highest BCUT2D eigenvalue weighted by Crippen LogP contribution is 2.47. The van der Waals surface area contributed by atoms with E-state index in [1.807, 2.05) is 67.3 Å². The number of allylic oxidation sites excluding steroid dienone is 1. The van der Waals surface area contributed by atoms with Gasteiger partial charge in [-0.25, -0.2) is 0 Å². The average Bonchev–Trinajstić information content (AvgIpc) is 2.98. The highest BCUT2D eigenvalue weighted by atomic mass is 16.6. The Labute approximate surface area is 166 Å². The maximum Gasteiger partial charge on any atom is 0.229 e. The largest absolute Gasteiger partial charge is 0.490 e. The van der Waals surface area contributed by atoms with Crippen LogP contribution < -0.4 is 4.74 Å². The van der Waals surface area contributed by atoms with Crippen molar-refractivity contribution in [2.24, 2.45) is 5.92 Å². The first-order chi connectivity index (χ1) is 13.5. The highest BCUT2D eigenvalue weighted by Gasteiger charge is 2.53. The van der Waals surface area contributed by atoms with E-state index in [2.05, 4.69) is 18.7 Å². The molecule has 1 fully saturated rings. The molecule has 2 aromatic rings. The van der Waals surface area contributed by atoms with Gasteiger partial charge in [0.25, 0.3) is 0 Å². The predicted octanol–water partition coefficient (Wildman–Crippen LogP) is 4.52. The lowest BCUT2D eigenvalue weighted by atomic mass is 9.91. The first-order valence-corrected chi connectivity index (χ1v) is 9.89. The van der Waals surface area contributed by atoms with Crippen LogP contribution in [-0.2, 0) is 16.0 Å². The molecule has 3 atom stereocenters. The third-order valence-corrected chi connectivity index (χ3v) is 5.65. The van der Waals surface area contributed by atoms with Gasteiger partial charge in [0.1, 0.15) is 24.2 Å². The molecule has 146 valence electrons. The molecule has 2 aliphatic heterocycles. The molecule has 0 N–H and O–H groups in total. The van der Waals surface area contributed by atoms with Gasteiger partial charge < -0.3 is 14.4 Å². The number of nitrogens with zero attached hydrogens (tertiary/aromatic N) is 1. The summed E-state index contributed by atoms with van der Waals surface area (Å²) in [5.74, 6) is 0.778. The lowest BCUT2D eigenvalue weighted by molar-refractivity contribution is -0.152. The van der Waals surface area contributed by atoms with E-state index in [9.17, 15) is 4.79 Å². The molecule has 4 heteroatoms. The van der Waals surface area contributed by atoms with E-state index in [1.54, 1.807) is 0 Å². The number of rotatable bonds is 5. The molecule has 1 saturated heterocycles. The molecule has 0 spiro atoms. The molecule has 0 saturated carbocycles. The van der Waals surface area contributed by atoms with E-state index in [1.165, 1.54) is 0 Å². The minimum atomic E-state index is -0.691. The summed E-state index contributed by atoms with van der Waals surface area (Å²) in [6, 6.07) is 18.0. The van der Waals surface area contributed by atoms with Crippen LogP contribution in [0.5, 0.6) is 5.75 Å². The normalized spacial score (nSPS) is 23.3. The second-order valence-corrected chi connectivity index (χ2v) is 8.02. The third kappa shape index (κ3) is 3.33. The SMILES string of the molecule is C=CC[C@@H](Cc1ccccc1)C(=O)N1[C@H]2c3ccccc3OC[C@H]2OC1(C)C. The Bertz CT molecular complexity index is 861. The van der Waals surface area contributed by atoms with Crippen LogP contribution in [0.15, 0.2) is 67.3 Å². The average molecular weight is 377 g/mol. The van der Waals surface area contributed by atoms with Crippen molar-refractivity contribution >= 4 is 5.91 Å². The van der Waals surface area contributed by atoms with Crippen LogP contribution in [0, 0.1) is 5.92 Å². The number of para-hydroxylation sites is 1. The standard InChI is InChI=1S/C24H27NO3/c1-4-10-18(15-17-11-6-5-7-12-17)23(26)25-22-19-13-8-9-14-20(19)27-16-21(22)28-24(25,2)3/h4-9,11-14,18,21-22H,1,10,15-16H2,2-3H3/t18-,21+,22-/m0/s1. The number of amides is 1. The van der Waals surface area contributed by atoms with Crippen LogP contribution >= 0.6 is 0 Å². The maximum atomic E-state index is 13.8. The van der Waals surface area contributed by atoms with Crippen LogP contribution in [0.1, 0.15) is 37.4 Å². The number of fused-ring (bicyclic) bond motifs is 3. The van der Waals surface area contributed by atoms with Gasteiger partial charge in [-0.1, -0.05) is 54.6 Å². The van der Waals surface area contributed by atoms with Crippen molar-refractivity contribution in [3.8, 4) is 5.75 Å². The van der Waals surface area contributed by atoms with Crippen molar-refractivity contribution < 1.29 is 14.3 Å². The fourth-order valence-corrected chi connectivity index (χ4v) is 4.46. The maximum absolute atomic E-state index is 13.8. The van der Waals surface area contributed by atoms with Gasteiger partial charge in [-0.05, 0) is 38.3 Å². The van der Waals surface area contributed by atoms with E-state index in [0.29, 0.717) is 19.4 Å². The number of benzene rings is 2. The molecule has 0 unspecified atom stereocenters. The van der Waals surface area contributed by atoms with Crippen LogP contribution in [-0.4, -0.2) is 29.2 Å². The Morgan fingerprint density at radius 3 is 2.68 bits per heavy atom. The minimum Gasteiger partial charge on any atom is -0.490 e. The van der Waals surface area contributed by atoms with E-state index in [4.69, 9.17) is 9.47 Å². The summed E-state index contributed by atoms with van der Waals surface area (Å²) in [6.07, 6.45) is 3.00. The zero-order valence-electron chi connectivity index (χ0n) is 16.5. The van der Waals surface area contributed by atoms with E-state index in [0.717, 1.165) is 16.9 Å². The fraction of sp³-hybridized carbons (Fsp3) is 0.375. The van der Waals surface area contributed by atoms with Gasteiger partial charge in [-0.2, -0.15) is 0 Å². The molecule has 0 radical (unpaired) electrons. The summed E-state index contributed by atoms with van der Waals surface area (Å²) in [7, 11) is 0. The quantitative estimate of drug-likeness (QED) is 0.719. The third-order valence-electron chi connectivity index (χ3n) is 5.65. The van der Waals surface area contributed by atoms with Gasteiger partial charge >= 0.3 is 0 Å². The number of hydrogen-bond donors (Lipinski definition) is 0. The predicted molar refractivity (Wildman–Crippen MR) is 109 cm³/mol. The summed E-state index contributed by atoms with van der Waals surface area (Å²) in [6.45, 7) is 8.28. The van der Waals surface area contributed by atoms with Crippen molar-refractivity contribution in [1.29, 1.82) is 0 Å². The number of carbonyl (C=O) groups excluding carboxylic acids is 1. The number of ether oxygens (including phenoxy) is 2. The smallest absolute Gasteiger partial charge is 0.229 e. The topological polar surface area (TPSA) is 38.8 Å². The first kappa shape index (κ1) is 18.8. The first-order valence-electron chi connectivity index (χ1n) is 9.89. The van der Waals surface area contributed by atoms with Crippen LogP contribution in [0.4, 0.5) is 0 Å². The minimum absolute atomic E-state index is 0.109. The van der Waals surface area contributed by atoms with Gasteiger partial charge in [0.15, 0.2) is 0 Å². The lowest BCUT2D eigenvalue weighted by Crippen LogP contribution is -2.48. The summed E-state index contributed by atoms with van der Waals surface area (Å²) >= 11 is 0. The Balaban J connectivity index is 1.68. The highest BCUT2D eigenvalue weighted by molar-refractivity contribution is 5.81. The summed E-state index contributed by atoms with van der Waals surface area (Å²) in [5.41, 5.74) is 1.49. The number of carbonyl (C=O) groups is 1. The van der Waals surface area contributed by atoms with Crippen LogP contribution in [0.2, 0.25) is 0 Å². The second kappa shape index (κ2) is 7.44. The zero-order valence-corrected chi connectivity index (χ0v) is 16.5. The fourth-order valence-electron chi connectivity index (χ4n) is 4.46. The molecule has 0 aliphatic carbocycles. The summed E-state index contributed by atoms with van der Waals surface area (Å²) in [5, 5.41) is 0. The molecule has 4 rings (SSSR count). The monoisotopic (exact) mass is 377 g/mol. The van der Waals surface area contributed by atoms with Crippen molar-refractivity contribution in [3.63, 3.8) is 0 Å². The van der Waals surface area contributed by atoms with Crippen LogP contribution in [0.25, 0.3) is 0 Å². The van der Waals surface area contributed by atoms with Crippen molar-refractivity contribution in [2.75, 3.05) is 6.61 Å². The molecule has 0 aromatic heterocycles. The van der Waals surface area contributed by atoms with Gasteiger partial charge in [0.05, 0.1) is 6.04 Å². The molecule has 4 nitrogen and oxygen atoms in total.